The van der Waals surface area contributed by atoms with E-state index in [-0.39, 0.29) is 0 Å². The van der Waals surface area contributed by atoms with Crippen LogP contribution in [0.1, 0.15) is 12.5 Å². The van der Waals surface area contributed by atoms with E-state index < -0.39 is 0 Å². The summed E-state index contributed by atoms with van der Waals surface area (Å²) in [6.07, 6.45) is 0. The monoisotopic (exact) mass is 226 g/mol. The minimum atomic E-state index is 0.675. The Morgan fingerprint density at radius 1 is 1.00 bits per heavy atom. The summed E-state index contributed by atoms with van der Waals surface area (Å²) in [6.45, 7) is 1.91. The first-order valence-corrected chi connectivity index (χ1v) is 5.38. The zero-order valence-electron chi connectivity index (χ0n) is 9.63. The zero-order valence-corrected chi connectivity index (χ0v) is 9.63. The molecule has 0 saturated carbocycles. The Morgan fingerprint density at radius 2 is 1.65 bits per heavy atom. The topological polar surface area (TPSA) is 47.6 Å². The molecule has 0 aliphatic carbocycles. The van der Waals surface area contributed by atoms with Gasteiger partial charge >= 0.3 is 0 Å². The molecule has 0 aliphatic heterocycles. The molecular weight excluding hydrogens is 212 g/mol. The molecule has 0 saturated heterocycles. The maximum absolute atomic E-state index is 5.58. The second-order valence-corrected chi connectivity index (χ2v) is 3.70. The number of benzene rings is 2. The Morgan fingerprint density at radius 3 is 2.29 bits per heavy atom. The van der Waals surface area contributed by atoms with E-state index in [4.69, 9.17) is 10.6 Å². The van der Waals surface area contributed by atoms with Gasteiger partial charge in [-0.25, -0.2) is 0 Å². The lowest BCUT2D eigenvalue weighted by molar-refractivity contribution is 0.341. The Hall–Kier alpha value is -2.29. The SMILES string of the molecule is C/C(=N\Oc1ccc(N)cc1)c1ccccc1. The number of anilines is 1. The van der Waals surface area contributed by atoms with Crippen LogP contribution in [0.2, 0.25) is 0 Å². The molecule has 2 N–H and O–H groups in total. The van der Waals surface area contributed by atoms with E-state index in [1.54, 1.807) is 24.3 Å². The van der Waals surface area contributed by atoms with Crippen LogP contribution in [-0.4, -0.2) is 5.71 Å². The van der Waals surface area contributed by atoms with Crippen LogP contribution in [0.3, 0.4) is 0 Å². The molecule has 2 rings (SSSR count). The minimum absolute atomic E-state index is 0.675. The van der Waals surface area contributed by atoms with Gasteiger partial charge in [0.2, 0.25) is 0 Å². The van der Waals surface area contributed by atoms with Crippen LogP contribution in [0, 0.1) is 0 Å². The number of oxime groups is 1. The third-order valence-electron chi connectivity index (χ3n) is 2.36. The number of nitrogen functional groups attached to an aromatic ring is 1. The fourth-order valence-corrected chi connectivity index (χ4v) is 1.38. The molecule has 17 heavy (non-hydrogen) atoms. The van der Waals surface area contributed by atoms with Crippen molar-refractivity contribution in [1.29, 1.82) is 0 Å². The average Bonchev–Trinajstić information content (AvgIpc) is 2.39. The van der Waals surface area contributed by atoms with Gasteiger partial charge in [0.15, 0.2) is 5.75 Å². The van der Waals surface area contributed by atoms with Gasteiger partial charge in [0.25, 0.3) is 0 Å². The summed E-state index contributed by atoms with van der Waals surface area (Å²) in [5.74, 6) is 0.675. The summed E-state index contributed by atoms with van der Waals surface area (Å²) in [4.78, 5) is 5.31. The number of nitrogens with two attached hydrogens (primary N) is 1. The predicted octanol–water partition coefficient (Wildman–Crippen LogP) is 3.07. The van der Waals surface area contributed by atoms with E-state index in [9.17, 15) is 0 Å². The number of hydrogen-bond donors (Lipinski definition) is 1. The third-order valence-corrected chi connectivity index (χ3v) is 2.36. The van der Waals surface area contributed by atoms with E-state index in [1.807, 2.05) is 37.3 Å². The molecule has 2 aromatic rings. The first-order chi connectivity index (χ1) is 8.25. The zero-order chi connectivity index (χ0) is 12.1. The van der Waals surface area contributed by atoms with E-state index >= 15 is 0 Å². The van der Waals surface area contributed by atoms with Gasteiger partial charge in [-0.3, -0.25) is 0 Å². The largest absolute Gasteiger partial charge is 0.399 e. The number of rotatable bonds is 3. The van der Waals surface area contributed by atoms with Crippen molar-refractivity contribution in [3.8, 4) is 5.75 Å². The number of hydrogen-bond acceptors (Lipinski definition) is 3. The van der Waals surface area contributed by atoms with Crippen LogP contribution in [0.15, 0.2) is 59.8 Å². The molecule has 2 aromatic carbocycles. The van der Waals surface area contributed by atoms with Crippen LogP contribution in [0.4, 0.5) is 5.69 Å². The van der Waals surface area contributed by atoms with Gasteiger partial charge < -0.3 is 10.6 Å². The van der Waals surface area contributed by atoms with Crippen LogP contribution >= 0.6 is 0 Å². The van der Waals surface area contributed by atoms with Crippen LogP contribution in [-0.2, 0) is 0 Å². The molecule has 0 amide bonds. The van der Waals surface area contributed by atoms with Crippen LogP contribution in [0.25, 0.3) is 0 Å². The number of nitrogens with zero attached hydrogens (tertiary/aromatic N) is 1. The first kappa shape index (κ1) is 11.2. The molecule has 0 atom stereocenters. The third kappa shape index (κ3) is 3.08. The molecule has 0 unspecified atom stereocenters. The van der Waals surface area contributed by atoms with Gasteiger partial charge in [0, 0.05) is 5.69 Å². The van der Waals surface area contributed by atoms with Crippen molar-refractivity contribution in [3.63, 3.8) is 0 Å². The lowest BCUT2D eigenvalue weighted by atomic mass is 10.1. The van der Waals surface area contributed by atoms with E-state index in [0.717, 1.165) is 11.3 Å². The van der Waals surface area contributed by atoms with Crippen LogP contribution in [0.5, 0.6) is 5.75 Å². The summed E-state index contributed by atoms with van der Waals surface area (Å²) in [5.41, 5.74) is 8.17. The van der Waals surface area contributed by atoms with Crippen LogP contribution < -0.4 is 10.6 Å². The second kappa shape index (κ2) is 5.16. The van der Waals surface area contributed by atoms with Crippen molar-refractivity contribution in [1.82, 2.24) is 0 Å². The Bertz CT molecular complexity index is 504. The Kier molecular flexibility index (Phi) is 3.40. The summed E-state index contributed by atoms with van der Waals surface area (Å²) >= 11 is 0. The molecular formula is C14H14N2O. The first-order valence-electron chi connectivity index (χ1n) is 5.38. The van der Waals surface area contributed by atoms with E-state index in [2.05, 4.69) is 5.16 Å². The van der Waals surface area contributed by atoms with Crippen molar-refractivity contribution in [2.24, 2.45) is 5.16 Å². The van der Waals surface area contributed by atoms with Crippen molar-refractivity contribution >= 4 is 11.4 Å². The smallest absolute Gasteiger partial charge is 0.158 e. The van der Waals surface area contributed by atoms with E-state index in [1.165, 1.54) is 0 Å². The maximum Gasteiger partial charge on any atom is 0.158 e. The molecule has 0 heterocycles. The maximum atomic E-state index is 5.58. The van der Waals surface area contributed by atoms with Gasteiger partial charge in [-0.05, 0) is 36.8 Å². The van der Waals surface area contributed by atoms with Gasteiger partial charge in [0.05, 0.1) is 5.71 Å². The van der Waals surface area contributed by atoms with Gasteiger partial charge in [-0.15, -0.1) is 0 Å². The summed E-state index contributed by atoms with van der Waals surface area (Å²) in [5, 5.41) is 4.07. The highest BCUT2D eigenvalue weighted by Crippen LogP contribution is 2.13. The molecule has 0 aliphatic rings. The van der Waals surface area contributed by atoms with Gasteiger partial charge in [0.1, 0.15) is 0 Å². The highest BCUT2D eigenvalue weighted by atomic mass is 16.6. The van der Waals surface area contributed by atoms with Crippen molar-refractivity contribution < 1.29 is 4.84 Å². The summed E-state index contributed by atoms with van der Waals surface area (Å²) in [7, 11) is 0. The normalized spacial score (nSPS) is 11.2. The molecule has 0 radical (unpaired) electrons. The second-order valence-electron chi connectivity index (χ2n) is 3.70. The van der Waals surface area contributed by atoms with Crippen molar-refractivity contribution in [3.05, 3.63) is 60.2 Å². The molecule has 3 heteroatoms. The van der Waals surface area contributed by atoms with Crippen molar-refractivity contribution in [2.45, 2.75) is 6.92 Å². The Labute approximate surface area is 101 Å². The molecule has 0 fully saturated rings. The molecule has 0 bridgehead atoms. The van der Waals surface area contributed by atoms with Gasteiger partial charge in [-0.1, -0.05) is 35.5 Å². The van der Waals surface area contributed by atoms with Crippen molar-refractivity contribution in [2.75, 3.05) is 5.73 Å². The molecule has 86 valence electrons. The average molecular weight is 226 g/mol. The standard InChI is InChI=1S/C14H14N2O/c1-11(12-5-3-2-4-6-12)16-17-14-9-7-13(15)8-10-14/h2-10H,15H2,1H3/b16-11+. The summed E-state index contributed by atoms with van der Waals surface area (Å²) < 4.78 is 0. The molecule has 0 aromatic heterocycles. The lowest BCUT2D eigenvalue weighted by Crippen LogP contribution is -1.97. The molecule has 3 nitrogen and oxygen atoms in total. The lowest BCUT2D eigenvalue weighted by Gasteiger charge is -2.02. The quantitative estimate of drug-likeness (QED) is 0.496. The minimum Gasteiger partial charge on any atom is -0.399 e. The molecule has 0 spiro atoms. The predicted molar refractivity (Wildman–Crippen MR) is 70.1 cm³/mol. The van der Waals surface area contributed by atoms with Gasteiger partial charge in [-0.2, -0.15) is 0 Å². The highest BCUT2D eigenvalue weighted by Gasteiger charge is 1.97. The summed E-state index contributed by atoms with van der Waals surface area (Å²) in [6, 6.07) is 17.0. The highest BCUT2D eigenvalue weighted by molar-refractivity contribution is 5.98. The Balaban J connectivity index is 2.08. The fourth-order valence-electron chi connectivity index (χ4n) is 1.38. The fraction of sp³-hybridized carbons (Fsp3) is 0.0714. The van der Waals surface area contributed by atoms with E-state index in [0.29, 0.717) is 11.4 Å².